The monoisotopic (exact) mass is 231 g/mol. The van der Waals surface area contributed by atoms with Gasteiger partial charge in [-0.05, 0) is 25.0 Å². The quantitative estimate of drug-likeness (QED) is 0.828. The maximum absolute atomic E-state index is 10.6. The predicted octanol–water partition coefficient (Wildman–Crippen LogP) is 1.40. The first-order valence-electron chi connectivity index (χ1n) is 5.56. The number of nitriles is 1. The van der Waals surface area contributed by atoms with Gasteiger partial charge in [0.1, 0.15) is 17.6 Å². The molecule has 0 amide bonds. The Morgan fingerprint density at radius 3 is 2.94 bits per heavy atom. The number of aromatic nitrogens is 1. The molecule has 1 aromatic rings. The first-order chi connectivity index (χ1) is 8.20. The molecule has 1 aliphatic rings. The molecule has 1 fully saturated rings. The summed E-state index contributed by atoms with van der Waals surface area (Å²) >= 11 is 0. The van der Waals surface area contributed by atoms with Crippen LogP contribution < -0.4 is 4.90 Å². The number of carboxylic acids is 1. The molecule has 0 spiro atoms. The number of pyridine rings is 1. The number of hydrogen-bond donors (Lipinski definition) is 1. The lowest BCUT2D eigenvalue weighted by atomic mass is 10.3. The van der Waals surface area contributed by atoms with Gasteiger partial charge in [-0.2, -0.15) is 5.26 Å². The van der Waals surface area contributed by atoms with E-state index < -0.39 is 5.97 Å². The second kappa shape index (κ2) is 4.83. The van der Waals surface area contributed by atoms with Crippen LogP contribution in [0, 0.1) is 11.3 Å². The highest BCUT2D eigenvalue weighted by atomic mass is 16.4. The van der Waals surface area contributed by atoms with Crippen molar-refractivity contribution in [2.45, 2.75) is 25.3 Å². The van der Waals surface area contributed by atoms with Crippen LogP contribution in [-0.2, 0) is 4.79 Å². The molecule has 0 atom stereocenters. The van der Waals surface area contributed by atoms with Crippen LogP contribution in [0.1, 0.15) is 25.0 Å². The maximum Gasteiger partial charge on any atom is 0.305 e. The fourth-order valence-electron chi connectivity index (χ4n) is 1.73. The second-order valence-electron chi connectivity index (χ2n) is 4.06. The topological polar surface area (TPSA) is 77.2 Å². The van der Waals surface area contributed by atoms with E-state index in [1.807, 2.05) is 17.0 Å². The molecule has 1 aromatic heterocycles. The van der Waals surface area contributed by atoms with Gasteiger partial charge in [0.2, 0.25) is 0 Å². The van der Waals surface area contributed by atoms with Crippen molar-refractivity contribution in [3.63, 3.8) is 0 Å². The van der Waals surface area contributed by atoms with E-state index in [1.54, 1.807) is 12.1 Å². The van der Waals surface area contributed by atoms with Gasteiger partial charge in [-0.25, -0.2) is 4.98 Å². The fraction of sp³-hybridized carbons (Fsp3) is 0.417. The summed E-state index contributed by atoms with van der Waals surface area (Å²) in [5.74, 6) is -0.111. The Bertz CT molecular complexity index is 463. The van der Waals surface area contributed by atoms with E-state index in [1.165, 1.54) is 0 Å². The highest BCUT2D eigenvalue weighted by molar-refractivity contribution is 5.67. The van der Waals surface area contributed by atoms with Crippen molar-refractivity contribution in [1.29, 1.82) is 5.26 Å². The molecule has 1 aliphatic carbocycles. The van der Waals surface area contributed by atoms with Crippen molar-refractivity contribution in [2.24, 2.45) is 0 Å². The molecule has 0 bridgehead atoms. The first-order valence-corrected chi connectivity index (χ1v) is 5.56. The molecule has 5 nitrogen and oxygen atoms in total. The standard InChI is InChI=1S/C12H13N3O2/c13-8-9-2-1-3-11(14-9)15(10-4-5-10)7-6-12(16)17/h1-3,10H,4-7H2,(H,16,17). The first kappa shape index (κ1) is 11.4. The lowest BCUT2D eigenvalue weighted by molar-refractivity contribution is -0.136. The van der Waals surface area contributed by atoms with Gasteiger partial charge in [-0.15, -0.1) is 0 Å². The number of hydrogen-bond acceptors (Lipinski definition) is 4. The molecule has 2 rings (SSSR count). The molecule has 5 heteroatoms. The Kier molecular flexibility index (Phi) is 3.24. The van der Waals surface area contributed by atoms with Crippen LogP contribution in [0.4, 0.5) is 5.82 Å². The van der Waals surface area contributed by atoms with Crippen molar-refractivity contribution in [1.82, 2.24) is 4.98 Å². The van der Waals surface area contributed by atoms with Crippen LogP contribution in [0.3, 0.4) is 0 Å². The SMILES string of the molecule is N#Cc1cccc(N(CCC(=O)O)C2CC2)n1. The van der Waals surface area contributed by atoms with Crippen LogP contribution in [0.15, 0.2) is 18.2 Å². The lowest BCUT2D eigenvalue weighted by Gasteiger charge is -2.22. The van der Waals surface area contributed by atoms with E-state index in [0.717, 1.165) is 12.8 Å². The average molecular weight is 231 g/mol. The zero-order chi connectivity index (χ0) is 12.3. The van der Waals surface area contributed by atoms with Gasteiger partial charge in [0, 0.05) is 12.6 Å². The fourth-order valence-corrected chi connectivity index (χ4v) is 1.73. The Balaban J connectivity index is 2.14. The molecule has 0 unspecified atom stereocenters. The third kappa shape index (κ3) is 2.94. The summed E-state index contributed by atoms with van der Waals surface area (Å²) < 4.78 is 0. The van der Waals surface area contributed by atoms with Crippen molar-refractivity contribution >= 4 is 11.8 Å². The second-order valence-corrected chi connectivity index (χ2v) is 4.06. The van der Waals surface area contributed by atoms with Gasteiger partial charge in [-0.1, -0.05) is 6.07 Å². The van der Waals surface area contributed by atoms with Crippen molar-refractivity contribution < 1.29 is 9.90 Å². The molecule has 17 heavy (non-hydrogen) atoms. The molecule has 0 aliphatic heterocycles. The largest absolute Gasteiger partial charge is 0.481 e. The third-order valence-corrected chi connectivity index (χ3v) is 2.70. The normalized spacial score (nSPS) is 14.1. The summed E-state index contributed by atoms with van der Waals surface area (Å²) in [6.45, 7) is 0.446. The molecule has 0 radical (unpaired) electrons. The minimum absolute atomic E-state index is 0.0922. The summed E-state index contributed by atoms with van der Waals surface area (Å²) in [5.41, 5.74) is 0.364. The number of aliphatic carboxylic acids is 1. The third-order valence-electron chi connectivity index (χ3n) is 2.70. The lowest BCUT2D eigenvalue weighted by Crippen LogP contribution is -2.29. The van der Waals surface area contributed by atoms with Gasteiger partial charge < -0.3 is 10.0 Å². The van der Waals surface area contributed by atoms with E-state index in [4.69, 9.17) is 10.4 Å². The van der Waals surface area contributed by atoms with E-state index in [-0.39, 0.29) is 6.42 Å². The number of carboxylic acid groups (broad SMARTS) is 1. The van der Waals surface area contributed by atoms with Crippen molar-refractivity contribution in [3.8, 4) is 6.07 Å². The molecule has 1 heterocycles. The molecule has 1 saturated carbocycles. The summed E-state index contributed by atoms with van der Waals surface area (Å²) in [6.07, 6.45) is 2.23. The highest BCUT2D eigenvalue weighted by Crippen LogP contribution is 2.30. The van der Waals surface area contributed by atoms with Crippen LogP contribution in [-0.4, -0.2) is 28.6 Å². The smallest absolute Gasteiger partial charge is 0.305 e. The highest BCUT2D eigenvalue weighted by Gasteiger charge is 2.30. The van der Waals surface area contributed by atoms with Crippen LogP contribution in [0.5, 0.6) is 0 Å². The Morgan fingerprint density at radius 1 is 1.59 bits per heavy atom. The van der Waals surface area contributed by atoms with Gasteiger partial charge in [0.25, 0.3) is 0 Å². The van der Waals surface area contributed by atoms with Crippen molar-refractivity contribution in [3.05, 3.63) is 23.9 Å². The van der Waals surface area contributed by atoms with E-state index in [9.17, 15) is 4.79 Å². The van der Waals surface area contributed by atoms with Gasteiger partial charge in [0.15, 0.2) is 0 Å². The van der Waals surface area contributed by atoms with Crippen LogP contribution in [0.2, 0.25) is 0 Å². The molecule has 88 valence electrons. The van der Waals surface area contributed by atoms with Gasteiger partial charge in [0.05, 0.1) is 6.42 Å². The summed E-state index contributed by atoms with van der Waals surface area (Å²) in [5, 5.41) is 17.5. The maximum atomic E-state index is 10.6. The summed E-state index contributed by atoms with van der Waals surface area (Å²) in [6, 6.07) is 7.62. The Hall–Kier alpha value is -2.09. The van der Waals surface area contributed by atoms with Crippen LogP contribution >= 0.6 is 0 Å². The molecular formula is C12H13N3O2. The minimum Gasteiger partial charge on any atom is -0.481 e. The molecule has 0 aromatic carbocycles. The summed E-state index contributed by atoms with van der Waals surface area (Å²) in [4.78, 5) is 16.8. The van der Waals surface area contributed by atoms with E-state index >= 15 is 0 Å². The summed E-state index contributed by atoms with van der Waals surface area (Å²) in [7, 11) is 0. The number of anilines is 1. The number of nitrogens with zero attached hydrogens (tertiary/aromatic N) is 3. The van der Waals surface area contributed by atoms with E-state index in [2.05, 4.69) is 4.98 Å². The molecule has 1 N–H and O–H groups in total. The molecular weight excluding hydrogens is 218 g/mol. The van der Waals surface area contributed by atoms with E-state index in [0.29, 0.717) is 24.1 Å². The average Bonchev–Trinajstić information content (AvgIpc) is 3.14. The Morgan fingerprint density at radius 2 is 2.35 bits per heavy atom. The zero-order valence-corrected chi connectivity index (χ0v) is 9.33. The number of rotatable bonds is 5. The van der Waals surface area contributed by atoms with Crippen LogP contribution in [0.25, 0.3) is 0 Å². The Labute approximate surface area is 99.3 Å². The van der Waals surface area contributed by atoms with Crippen molar-refractivity contribution in [2.75, 3.05) is 11.4 Å². The van der Waals surface area contributed by atoms with Gasteiger partial charge >= 0.3 is 5.97 Å². The zero-order valence-electron chi connectivity index (χ0n) is 9.33. The minimum atomic E-state index is -0.813. The number of carbonyl (C=O) groups is 1. The van der Waals surface area contributed by atoms with Gasteiger partial charge in [-0.3, -0.25) is 4.79 Å². The molecule has 0 saturated heterocycles. The predicted molar refractivity (Wildman–Crippen MR) is 61.6 cm³/mol.